The van der Waals surface area contributed by atoms with Gasteiger partial charge < -0.3 is 5.73 Å². The van der Waals surface area contributed by atoms with Crippen LogP contribution in [0.4, 0.5) is 8.78 Å². The number of halogens is 2. The van der Waals surface area contributed by atoms with Crippen molar-refractivity contribution in [3.63, 3.8) is 0 Å². The van der Waals surface area contributed by atoms with Crippen molar-refractivity contribution in [1.29, 1.82) is 0 Å². The van der Waals surface area contributed by atoms with Crippen molar-refractivity contribution in [3.8, 4) is 0 Å². The Hall–Kier alpha value is -1.74. The van der Waals surface area contributed by atoms with Gasteiger partial charge >= 0.3 is 0 Å². The van der Waals surface area contributed by atoms with E-state index in [9.17, 15) is 8.78 Å². The van der Waals surface area contributed by atoms with E-state index in [-0.39, 0.29) is 6.04 Å². The second kappa shape index (κ2) is 5.94. The van der Waals surface area contributed by atoms with Gasteiger partial charge in [0.05, 0.1) is 0 Å². The molecule has 2 N–H and O–H groups in total. The summed E-state index contributed by atoms with van der Waals surface area (Å²) in [4.78, 5) is 0. The molecule has 0 bridgehead atoms. The first kappa shape index (κ1) is 14.2. The third-order valence-electron chi connectivity index (χ3n) is 4.38. The standard InChI is InChI=1S/C18H19F2N/c19-16-9-8-12(10-17(16)20)11-18(21)15-7-2-1-6-14(15)13-4-3-5-13/h1-2,6-10,13,18H,3-5,11,21H2. The van der Waals surface area contributed by atoms with Crippen LogP contribution >= 0.6 is 0 Å². The van der Waals surface area contributed by atoms with Crippen LogP contribution in [0.15, 0.2) is 42.5 Å². The van der Waals surface area contributed by atoms with Crippen LogP contribution in [0.5, 0.6) is 0 Å². The van der Waals surface area contributed by atoms with Gasteiger partial charge in [-0.15, -0.1) is 0 Å². The Labute approximate surface area is 123 Å². The molecule has 2 aromatic carbocycles. The van der Waals surface area contributed by atoms with Gasteiger partial charge in [-0.25, -0.2) is 8.78 Å². The van der Waals surface area contributed by atoms with Crippen molar-refractivity contribution in [3.05, 3.63) is 70.8 Å². The lowest BCUT2D eigenvalue weighted by molar-refractivity contribution is 0.415. The summed E-state index contributed by atoms with van der Waals surface area (Å²) in [5.74, 6) is -1.02. The third kappa shape index (κ3) is 2.98. The summed E-state index contributed by atoms with van der Waals surface area (Å²) in [5.41, 5.74) is 9.49. The molecule has 1 unspecified atom stereocenters. The molecule has 0 saturated heterocycles. The Morgan fingerprint density at radius 1 is 1.05 bits per heavy atom. The van der Waals surface area contributed by atoms with Crippen LogP contribution in [-0.4, -0.2) is 0 Å². The van der Waals surface area contributed by atoms with E-state index < -0.39 is 11.6 Å². The van der Waals surface area contributed by atoms with Gasteiger partial charge in [-0.3, -0.25) is 0 Å². The van der Waals surface area contributed by atoms with Crippen molar-refractivity contribution < 1.29 is 8.78 Å². The highest BCUT2D eigenvalue weighted by molar-refractivity contribution is 5.35. The maximum atomic E-state index is 13.3. The lowest BCUT2D eigenvalue weighted by Gasteiger charge is -2.29. The van der Waals surface area contributed by atoms with Crippen LogP contribution < -0.4 is 5.73 Å². The van der Waals surface area contributed by atoms with Gasteiger partial charge in [-0.1, -0.05) is 36.8 Å². The molecule has 0 aromatic heterocycles. The largest absolute Gasteiger partial charge is 0.324 e. The number of rotatable bonds is 4. The normalized spacial score (nSPS) is 16.5. The van der Waals surface area contributed by atoms with Crippen molar-refractivity contribution in [2.24, 2.45) is 5.73 Å². The first-order valence-electron chi connectivity index (χ1n) is 7.43. The maximum Gasteiger partial charge on any atom is 0.159 e. The number of hydrogen-bond donors (Lipinski definition) is 1. The van der Waals surface area contributed by atoms with Crippen LogP contribution in [-0.2, 0) is 6.42 Å². The monoisotopic (exact) mass is 287 g/mol. The summed E-state index contributed by atoms with van der Waals surface area (Å²) in [6.07, 6.45) is 4.22. The molecule has 0 aliphatic heterocycles. The van der Waals surface area contributed by atoms with Crippen LogP contribution in [0.25, 0.3) is 0 Å². The number of nitrogens with two attached hydrogens (primary N) is 1. The summed E-state index contributed by atoms with van der Waals surface area (Å²) >= 11 is 0. The molecule has 21 heavy (non-hydrogen) atoms. The van der Waals surface area contributed by atoms with E-state index in [0.717, 1.165) is 17.2 Å². The Morgan fingerprint density at radius 2 is 1.81 bits per heavy atom. The zero-order chi connectivity index (χ0) is 14.8. The molecule has 1 saturated carbocycles. The molecule has 1 nitrogen and oxygen atoms in total. The van der Waals surface area contributed by atoms with Gasteiger partial charge in [0.15, 0.2) is 11.6 Å². The lowest BCUT2D eigenvalue weighted by atomic mass is 9.77. The van der Waals surface area contributed by atoms with E-state index in [1.54, 1.807) is 6.07 Å². The summed E-state index contributed by atoms with van der Waals surface area (Å²) in [7, 11) is 0. The average molecular weight is 287 g/mol. The molecule has 110 valence electrons. The molecule has 1 aliphatic carbocycles. The summed E-state index contributed by atoms with van der Waals surface area (Å²) in [6.45, 7) is 0. The van der Waals surface area contributed by atoms with Crippen LogP contribution in [0, 0.1) is 11.6 Å². The molecule has 3 heteroatoms. The molecule has 0 radical (unpaired) electrons. The van der Waals surface area contributed by atoms with Gasteiger partial charge in [0.2, 0.25) is 0 Å². The minimum atomic E-state index is -0.817. The van der Waals surface area contributed by atoms with Crippen molar-refractivity contribution >= 4 is 0 Å². The predicted molar refractivity (Wildman–Crippen MR) is 80.0 cm³/mol. The van der Waals surface area contributed by atoms with Crippen molar-refractivity contribution in [1.82, 2.24) is 0 Å². The minimum absolute atomic E-state index is 0.188. The molecule has 1 aliphatic rings. The van der Waals surface area contributed by atoms with Gasteiger partial charge in [-0.05, 0) is 54.0 Å². The second-order valence-electron chi connectivity index (χ2n) is 5.82. The fraction of sp³-hybridized carbons (Fsp3) is 0.333. The molecule has 2 aromatic rings. The highest BCUT2D eigenvalue weighted by Crippen LogP contribution is 2.39. The Morgan fingerprint density at radius 3 is 2.48 bits per heavy atom. The fourth-order valence-corrected chi connectivity index (χ4v) is 2.97. The Balaban J connectivity index is 1.81. The maximum absolute atomic E-state index is 13.3. The van der Waals surface area contributed by atoms with E-state index in [4.69, 9.17) is 5.73 Å². The molecule has 1 fully saturated rings. The molecule has 0 heterocycles. The van der Waals surface area contributed by atoms with E-state index in [1.165, 1.54) is 30.9 Å². The third-order valence-corrected chi connectivity index (χ3v) is 4.38. The highest BCUT2D eigenvalue weighted by atomic mass is 19.2. The SMILES string of the molecule is NC(Cc1ccc(F)c(F)c1)c1ccccc1C1CCC1. The van der Waals surface area contributed by atoms with Crippen LogP contribution in [0.3, 0.4) is 0 Å². The quantitative estimate of drug-likeness (QED) is 0.882. The topological polar surface area (TPSA) is 26.0 Å². The van der Waals surface area contributed by atoms with E-state index >= 15 is 0 Å². The van der Waals surface area contributed by atoms with Crippen molar-refractivity contribution in [2.45, 2.75) is 37.6 Å². The zero-order valence-corrected chi connectivity index (χ0v) is 11.9. The molecular weight excluding hydrogens is 268 g/mol. The summed E-state index contributed by atoms with van der Waals surface area (Å²) in [6, 6.07) is 12.0. The minimum Gasteiger partial charge on any atom is -0.324 e. The Kier molecular flexibility index (Phi) is 4.02. The van der Waals surface area contributed by atoms with Gasteiger partial charge in [0, 0.05) is 6.04 Å². The second-order valence-corrected chi connectivity index (χ2v) is 5.82. The average Bonchev–Trinajstić information content (AvgIpc) is 2.42. The number of benzene rings is 2. The van der Waals surface area contributed by atoms with E-state index in [1.807, 2.05) is 12.1 Å². The summed E-state index contributed by atoms with van der Waals surface area (Å²) in [5, 5.41) is 0. The van der Waals surface area contributed by atoms with Gasteiger partial charge in [0.25, 0.3) is 0 Å². The number of hydrogen-bond acceptors (Lipinski definition) is 1. The van der Waals surface area contributed by atoms with Crippen LogP contribution in [0.2, 0.25) is 0 Å². The van der Waals surface area contributed by atoms with E-state index in [2.05, 4.69) is 12.1 Å². The van der Waals surface area contributed by atoms with Crippen molar-refractivity contribution in [2.75, 3.05) is 0 Å². The van der Waals surface area contributed by atoms with Gasteiger partial charge in [0.1, 0.15) is 0 Å². The van der Waals surface area contributed by atoms with Crippen LogP contribution in [0.1, 0.15) is 47.9 Å². The molecule has 3 rings (SSSR count). The molecule has 0 spiro atoms. The van der Waals surface area contributed by atoms with E-state index in [0.29, 0.717) is 12.3 Å². The fourth-order valence-electron chi connectivity index (χ4n) is 2.97. The molecule has 1 atom stereocenters. The van der Waals surface area contributed by atoms with Gasteiger partial charge in [-0.2, -0.15) is 0 Å². The zero-order valence-electron chi connectivity index (χ0n) is 11.9. The Bertz CT molecular complexity index is 635. The summed E-state index contributed by atoms with van der Waals surface area (Å²) < 4.78 is 26.3. The molecular formula is C18H19F2N. The first-order valence-corrected chi connectivity index (χ1v) is 7.43. The first-order chi connectivity index (χ1) is 10.1. The predicted octanol–water partition coefficient (Wildman–Crippen LogP) is 4.47. The smallest absolute Gasteiger partial charge is 0.159 e. The lowest BCUT2D eigenvalue weighted by Crippen LogP contribution is -2.19. The molecule has 0 amide bonds. The highest BCUT2D eigenvalue weighted by Gasteiger charge is 2.23.